The van der Waals surface area contributed by atoms with Gasteiger partial charge in [0.25, 0.3) is 5.91 Å². The van der Waals surface area contributed by atoms with Crippen LogP contribution in [0.4, 0.5) is 0 Å². The molecule has 23 heavy (non-hydrogen) atoms. The normalized spacial score (nSPS) is 20.0. The first-order chi connectivity index (χ1) is 11.3. The summed E-state index contributed by atoms with van der Waals surface area (Å²) >= 11 is 0. The van der Waals surface area contributed by atoms with E-state index in [9.17, 15) is 4.79 Å². The molecule has 0 aliphatic heterocycles. The topological polar surface area (TPSA) is 43.3 Å². The van der Waals surface area contributed by atoms with Crippen molar-refractivity contribution in [2.24, 2.45) is 0 Å². The molecule has 4 rings (SSSR count). The summed E-state index contributed by atoms with van der Waals surface area (Å²) in [5.74, 6) is 0.925. The Labute approximate surface area is 136 Å². The van der Waals surface area contributed by atoms with E-state index in [1.165, 1.54) is 24.0 Å². The standard InChI is InChI=1S/C19H22N2O2/c1-23-15-9-10-16-13(12-15)4-2-5-17(16)20-19(22)18-6-3-11-21(18)14-7-8-14/h3,6,9-12,14,17H,2,4-5,7-8H2,1H3,(H,20,22)/t17-/m1/s1. The molecule has 1 N–H and O–H groups in total. The number of aromatic nitrogens is 1. The number of methoxy groups -OCH3 is 1. The van der Waals surface area contributed by atoms with E-state index in [-0.39, 0.29) is 11.9 Å². The Morgan fingerprint density at radius 1 is 1.26 bits per heavy atom. The Kier molecular flexibility index (Phi) is 3.60. The molecule has 120 valence electrons. The van der Waals surface area contributed by atoms with Crippen molar-refractivity contribution in [2.45, 2.75) is 44.2 Å². The summed E-state index contributed by atoms with van der Waals surface area (Å²) in [7, 11) is 1.69. The van der Waals surface area contributed by atoms with Gasteiger partial charge in [-0.15, -0.1) is 0 Å². The molecule has 1 aromatic heterocycles. The van der Waals surface area contributed by atoms with Gasteiger partial charge >= 0.3 is 0 Å². The summed E-state index contributed by atoms with van der Waals surface area (Å²) in [6.07, 6.45) is 7.52. The molecule has 0 bridgehead atoms. The maximum absolute atomic E-state index is 12.7. The molecule has 0 saturated heterocycles. The van der Waals surface area contributed by atoms with Crippen molar-refractivity contribution in [2.75, 3.05) is 7.11 Å². The SMILES string of the molecule is COc1ccc2c(c1)CCC[C@H]2NC(=O)c1cccn1C1CC1. The van der Waals surface area contributed by atoms with Crippen molar-refractivity contribution in [3.05, 3.63) is 53.3 Å². The molecule has 0 spiro atoms. The van der Waals surface area contributed by atoms with Gasteiger partial charge in [0, 0.05) is 12.2 Å². The lowest BCUT2D eigenvalue weighted by Crippen LogP contribution is -2.32. The number of amides is 1. The van der Waals surface area contributed by atoms with Crippen LogP contribution in [0.15, 0.2) is 36.5 Å². The Balaban J connectivity index is 1.55. The number of nitrogens with zero attached hydrogens (tertiary/aromatic N) is 1. The van der Waals surface area contributed by atoms with Crippen LogP contribution in [0, 0.1) is 0 Å². The molecule has 4 heteroatoms. The molecule has 0 radical (unpaired) electrons. The molecule has 1 amide bonds. The lowest BCUT2D eigenvalue weighted by Gasteiger charge is -2.27. The maximum Gasteiger partial charge on any atom is 0.268 e. The minimum absolute atomic E-state index is 0.0376. The number of nitrogens with one attached hydrogen (secondary N) is 1. The average Bonchev–Trinajstić information content (AvgIpc) is 3.31. The second-order valence-corrected chi connectivity index (χ2v) is 6.51. The van der Waals surface area contributed by atoms with Gasteiger partial charge < -0.3 is 14.6 Å². The largest absolute Gasteiger partial charge is 0.497 e. The van der Waals surface area contributed by atoms with E-state index in [4.69, 9.17) is 4.74 Å². The lowest BCUT2D eigenvalue weighted by atomic mass is 9.87. The maximum atomic E-state index is 12.7. The van der Waals surface area contributed by atoms with Crippen LogP contribution in [0.1, 0.15) is 59.4 Å². The molecule has 1 saturated carbocycles. The molecule has 1 heterocycles. The zero-order valence-electron chi connectivity index (χ0n) is 13.4. The molecule has 1 aromatic carbocycles. The first-order valence-corrected chi connectivity index (χ1v) is 8.41. The van der Waals surface area contributed by atoms with Crippen LogP contribution in [0.3, 0.4) is 0 Å². The van der Waals surface area contributed by atoms with Crippen molar-refractivity contribution >= 4 is 5.91 Å². The molecule has 2 aliphatic rings. The molecular formula is C19H22N2O2. The molecular weight excluding hydrogens is 288 g/mol. The van der Waals surface area contributed by atoms with Crippen molar-refractivity contribution in [1.29, 1.82) is 0 Å². The summed E-state index contributed by atoms with van der Waals surface area (Å²) < 4.78 is 7.43. The summed E-state index contributed by atoms with van der Waals surface area (Å²) in [5.41, 5.74) is 3.31. The number of rotatable bonds is 4. The first-order valence-electron chi connectivity index (χ1n) is 8.41. The predicted molar refractivity (Wildman–Crippen MR) is 88.8 cm³/mol. The Bertz CT molecular complexity index is 731. The molecule has 1 fully saturated rings. The van der Waals surface area contributed by atoms with Crippen LogP contribution in [0.2, 0.25) is 0 Å². The third kappa shape index (κ3) is 2.74. The molecule has 4 nitrogen and oxygen atoms in total. The Hall–Kier alpha value is -2.23. The number of carbonyl (C=O) groups excluding carboxylic acids is 1. The summed E-state index contributed by atoms with van der Waals surface area (Å²) in [6.45, 7) is 0. The average molecular weight is 310 g/mol. The van der Waals surface area contributed by atoms with Crippen LogP contribution in [-0.4, -0.2) is 17.6 Å². The second kappa shape index (κ2) is 5.76. The van der Waals surface area contributed by atoms with E-state index in [2.05, 4.69) is 22.0 Å². The van der Waals surface area contributed by atoms with Crippen LogP contribution in [-0.2, 0) is 6.42 Å². The minimum atomic E-state index is 0.0376. The van der Waals surface area contributed by atoms with Crippen molar-refractivity contribution in [3.63, 3.8) is 0 Å². The van der Waals surface area contributed by atoms with E-state index in [1.54, 1.807) is 7.11 Å². The molecule has 0 unspecified atom stereocenters. The smallest absolute Gasteiger partial charge is 0.268 e. The highest BCUT2D eigenvalue weighted by atomic mass is 16.5. The number of aryl methyl sites for hydroxylation is 1. The van der Waals surface area contributed by atoms with E-state index in [0.29, 0.717) is 6.04 Å². The lowest BCUT2D eigenvalue weighted by molar-refractivity contribution is 0.0923. The van der Waals surface area contributed by atoms with E-state index in [0.717, 1.165) is 30.7 Å². The van der Waals surface area contributed by atoms with Crippen LogP contribution in [0.25, 0.3) is 0 Å². The summed E-state index contributed by atoms with van der Waals surface area (Å²) in [5, 5.41) is 3.24. The minimum Gasteiger partial charge on any atom is -0.497 e. The number of benzene rings is 1. The summed E-state index contributed by atoms with van der Waals surface area (Å²) in [4.78, 5) is 12.7. The fraction of sp³-hybridized carbons (Fsp3) is 0.421. The fourth-order valence-electron chi connectivity index (χ4n) is 3.56. The van der Waals surface area contributed by atoms with E-state index < -0.39 is 0 Å². The van der Waals surface area contributed by atoms with E-state index >= 15 is 0 Å². The van der Waals surface area contributed by atoms with Crippen molar-refractivity contribution in [3.8, 4) is 5.75 Å². The van der Waals surface area contributed by atoms with Gasteiger partial charge in [-0.3, -0.25) is 4.79 Å². The van der Waals surface area contributed by atoms with Crippen LogP contribution >= 0.6 is 0 Å². The molecule has 2 aromatic rings. The number of ether oxygens (including phenoxy) is 1. The Morgan fingerprint density at radius 2 is 2.13 bits per heavy atom. The Morgan fingerprint density at radius 3 is 2.91 bits per heavy atom. The van der Waals surface area contributed by atoms with Crippen LogP contribution in [0.5, 0.6) is 5.75 Å². The fourth-order valence-corrected chi connectivity index (χ4v) is 3.56. The number of carbonyl (C=O) groups is 1. The van der Waals surface area contributed by atoms with Gasteiger partial charge in [0.05, 0.1) is 13.2 Å². The molecule has 2 aliphatic carbocycles. The van der Waals surface area contributed by atoms with Gasteiger partial charge in [0.1, 0.15) is 11.4 Å². The van der Waals surface area contributed by atoms with Gasteiger partial charge in [-0.1, -0.05) is 6.07 Å². The quantitative estimate of drug-likeness (QED) is 0.937. The zero-order valence-corrected chi connectivity index (χ0v) is 13.4. The van der Waals surface area contributed by atoms with Crippen molar-refractivity contribution in [1.82, 2.24) is 9.88 Å². The highest BCUT2D eigenvalue weighted by Gasteiger charge is 2.28. The highest BCUT2D eigenvalue weighted by Crippen LogP contribution is 2.36. The van der Waals surface area contributed by atoms with Gasteiger partial charge in [0.15, 0.2) is 0 Å². The van der Waals surface area contributed by atoms with Crippen LogP contribution < -0.4 is 10.1 Å². The second-order valence-electron chi connectivity index (χ2n) is 6.51. The highest BCUT2D eigenvalue weighted by molar-refractivity contribution is 5.93. The van der Waals surface area contributed by atoms with Crippen molar-refractivity contribution < 1.29 is 9.53 Å². The zero-order chi connectivity index (χ0) is 15.8. The number of hydrogen-bond acceptors (Lipinski definition) is 2. The first kappa shape index (κ1) is 14.4. The van der Waals surface area contributed by atoms with E-state index in [1.807, 2.05) is 24.4 Å². The van der Waals surface area contributed by atoms with Gasteiger partial charge in [0.2, 0.25) is 0 Å². The molecule has 1 atom stereocenters. The number of fused-ring (bicyclic) bond motifs is 1. The van der Waals surface area contributed by atoms with Gasteiger partial charge in [-0.25, -0.2) is 0 Å². The predicted octanol–water partition coefficient (Wildman–Crippen LogP) is 3.64. The number of hydrogen-bond donors (Lipinski definition) is 1. The third-order valence-electron chi connectivity index (χ3n) is 4.92. The van der Waals surface area contributed by atoms with Gasteiger partial charge in [-0.05, 0) is 67.5 Å². The monoisotopic (exact) mass is 310 g/mol. The van der Waals surface area contributed by atoms with Gasteiger partial charge in [-0.2, -0.15) is 0 Å². The summed E-state index contributed by atoms with van der Waals surface area (Å²) in [6, 6.07) is 10.7. The third-order valence-corrected chi connectivity index (χ3v) is 4.92.